The first-order valence-electron chi connectivity index (χ1n) is 5.65. The SMILES string of the molecule is CC(CO)NC(=O)NCCOc1ccc(Br)cc1. The van der Waals surface area contributed by atoms with Gasteiger partial charge in [-0.3, -0.25) is 0 Å². The molecule has 0 aliphatic rings. The number of hydrogen-bond acceptors (Lipinski definition) is 3. The summed E-state index contributed by atoms with van der Waals surface area (Å²) < 4.78 is 6.42. The standard InChI is InChI=1S/C12H17BrN2O3/c1-9(8-16)15-12(17)14-6-7-18-11-4-2-10(13)3-5-11/h2-5,9,16H,6-8H2,1H3,(H2,14,15,17). The number of ether oxygens (including phenoxy) is 1. The average Bonchev–Trinajstić information content (AvgIpc) is 2.36. The molecule has 0 saturated heterocycles. The van der Waals surface area contributed by atoms with Gasteiger partial charge in [0.2, 0.25) is 0 Å². The van der Waals surface area contributed by atoms with Gasteiger partial charge in [-0.2, -0.15) is 0 Å². The number of carbonyl (C=O) groups is 1. The van der Waals surface area contributed by atoms with Crippen LogP contribution < -0.4 is 15.4 Å². The monoisotopic (exact) mass is 316 g/mol. The van der Waals surface area contributed by atoms with Crippen molar-refractivity contribution in [3.8, 4) is 5.75 Å². The predicted octanol–water partition coefficient (Wildman–Crippen LogP) is 1.51. The van der Waals surface area contributed by atoms with Gasteiger partial charge in [-0.25, -0.2) is 4.79 Å². The molecule has 18 heavy (non-hydrogen) atoms. The number of nitrogens with one attached hydrogen (secondary N) is 2. The minimum atomic E-state index is -0.309. The minimum Gasteiger partial charge on any atom is -0.492 e. The molecule has 3 N–H and O–H groups in total. The van der Waals surface area contributed by atoms with Gasteiger partial charge in [0.25, 0.3) is 0 Å². The van der Waals surface area contributed by atoms with Gasteiger partial charge in [0.1, 0.15) is 12.4 Å². The highest BCUT2D eigenvalue weighted by molar-refractivity contribution is 9.10. The first-order valence-corrected chi connectivity index (χ1v) is 6.44. The van der Waals surface area contributed by atoms with Crippen LogP contribution in [0.15, 0.2) is 28.7 Å². The van der Waals surface area contributed by atoms with E-state index < -0.39 is 0 Å². The fourth-order valence-corrected chi connectivity index (χ4v) is 1.45. The lowest BCUT2D eigenvalue weighted by atomic mass is 10.3. The highest BCUT2D eigenvalue weighted by Crippen LogP contribution is 2.15. The number of benzene rings is 1. The lowest BCUT2D eigenvalue weighted by Gasteiger charge is -2.12. The lowest BCUT2D eigenvalue weighted by Crippen LogP contribution is -2.43. The Morgan fingerprint density at radius 3 is 2.72 bits per heavy atom. The van der Waals surface area contributed by atoms with E-state index in [0.29, 0.717) is 13.2 Å². The zero-order chi connectivity index (χ0) is 13.4. The molecule has 0 bridgehead atoms. The van der Waals surface area contributed by atoms with E-state index in [-0.39, 0.29) is 18.7 Å². The van der Waals surface area contributed by atoms with E-state index in [0.717, 1.165) is 10.2 Å². The molecule has 0 radical (unpaired) electrons. The van der Waals surface area contributed by atoms with Crippen molar-refractivity contribution in [3.63, 3.8) is 0 Å². The van der Waals surface area contributed by atoms with E-state index in [9.17, 15) is 4.79 Å². The van der Waals surface area contributed by atoms with Crippen molar-refractivity contribution >= 4 is 22.0 Å². The van der Waals surface area contributed by atoms with Gasteiger partial charge in [-0.15, -0.1) is 0 Å². The average molecular weight is 317 g/mol. The van der Waals surface area contributed by atoms with Gasteiger partial charge in [0.15, 0.2) is 0 Å². The molecular weight excluding hydrogens is 300 g/mol. The Morgan fingerprint density at radius 2 is 2.11 bits per heavy atom. The Bertz CT molecular complexity index is 370. The van der Waals surface area contributed by atoms with Crippen LogP contribution in [0, 0.1) is 0 Å². The Morgan fingerprint density at radius 1 is 1.44 bits per heavy atom. The summed E-state index contributed by atoms with van der Waals surface area (Å²) in [5.74, 6) is 0.754. The number of hydrogen-bond donors (Lipinski definition) is 3. The van der Waals surface area contributed by atoms with E-state index in [1.54, 1.807) is 6.92 Å². The summed E-state index contributed by atoms with van der Waals surface area (Å²) in [4.78, 5) is 11.3. The molecule has 0 spiro atoms. The number of amides is 2. The Balaban J connectivity index is 2.15. The Labute approximate surface area is 115 Å². The number of aliphatic hydroxyl groups is 1. The molecule has 0 saturated carbocycles. The summed E-state index contributed by atoms with van der Waals surface area (Å²) in [7, 11) is 0. The molecule has 5 nitrogen and oxygen atoms in total. The van der Waals surface area contributed by atoms with Crippen molar-refractivity contribution in [3.05, 3.63) is 28.7 Å². The molecule has 0 fully saturated rings. The molecule has 6 heteroatoms. The first-order chi connectivity index (χ1) is 8.61. The second kappa shape index (κ2) is 7.94. The van der Waals surface area contributed by atoms with Crippen molar-refractivity contribution in [1.82, 2.24) is 10.6 Å². The smallest absolute Gasteiger partial charge is 0.315 e. The number of aliphatic hydroxyl groups excluding tert-OH is 1. The zero-order valence-electron chi connectivity index (χ0n) is 10.1. The van der Waals surface area contributed by atoms with Crippen LogP contribution in [0.4, 0.5) is 4.79 Å². The van der Waals surface area contributed by atoms with Crippen molar-refractivity contribution in [2.24, 2.45) is 0 Å². The van der Waals surface area contributed by atoms with E-state index >= 15 is 0 Å². The fourth-order valence-electron chi connectivity index (χ4n) is 1.18. The molecule has 1 aromatic rings. The Hall–Kier alpha value is -1.27. The van der Waals surface area contributed by atoms with Crippen LogP contribution in [-0.2, 0) is 0 Å². The number of urea groups is 1. The third-order valence-electron chi connectivity index (χ3n) is 2.12. The Kier molecular flexibility index (Phi) is 6.53. The summed E-state index contributed by atoms with van der Waals surface area (Å²) >= 11 is 3.33. The molecule has 1 aromatic carbocycles. The van der Waals surface area contributed by atoms with E-state index in [1.807, 2.05) is 24.3 Å². The molecule has 1 unspecified atom stereocenters. The largest absolute Gasteiger partial charge is 0.492 e. The van der Waals surface area contributed by atoms with Crippen LogP contribution in [0.3, 0.4) is 0 Å². The normalized spacial score (nSPS) is 11.7. The molecule has 1 rings (SSSR count). The predicted molar refractivity (Wildman–Crippen MR) is 72.7 cm³/mol. The molecule has 0 heterocycles. The third kappa shape index (κ3) is 5.88. The molecule has 2 amide bonds. The van der Waals surface area contributed by atoms with Crippen molar-refractivity contribution in [2.45, 2.75) is 13.0 Å². The maximum atomic E-state index is 11.3. The fraction of sp³-hybridized carbons (Fsp3) is 0.417. The molecule has 0 aliphatic carbocycles. The van der Waals surface area contributed by atoms with Crippen LogP contribution in [0.5, 0.6) is 5.75 Å². The molecule has 0 aliphatic heterocycles. The summed E-state index contributed by atoms with van der Waals surface area (Å²) in [6.45, 7) is 2.43. The van der Waals surface area contributed by atoms with Crippen LogP contribution >= 0.6 is 15.9 Å². The lowest BCUT2D eigenvalue weighted by molar-refractivity contribution is 0.218. The van der Waals surface area contributed by atoms with Crippen LogP contribution in [0.2, 0.25) is 0 Å². The summed E-state index contributed by atoms with van der Waals surface area (Å²) in [5.41, 5.74) is 0. The van der Waals surface area contributed by atoms with Crippen molar-refractivity contribution in [2.75, 3.05) is 19.8 Å². The molecule has 100 valence electrons. The van der Waals surface area contributed by atoms with Gasteiger partial charge in [0.05, 0.1) is 19.2 Å². The number of halogens is 1. The highest BCUT2D eigenvalue weighted by Gasteiger charge is 2.04. The third-order valence-corrected chi connectivity index (χ3v) is 2.65. The quantitative estimate of drug-likeness (QED) is 0.697. The maximum absolute atomic E-state index is 11.3. The van der Waals surface area contributed by atoms with Crippen molar-refractivity contribution in [1.29, 1.82) is 0 Å². The highest BCUT2D eigenvalue weighted by atomic mass is 79.9. The number of rotatable bonds is 6. The summed E-state index contributed by atoms with van der Waals surface area (Å²) in [6, 6.07) is 6.90. The van der Waals surface area contributed by atoms with Crippen LogP contribution in [-0.4, -0.2) is 36.9 Å². The van der Waals surface area contributed by atoms with Gasteiger partial charge in [0, 0.05) is 4.47 Å². The molecular formula is C12H17BrN2O3. The van der Waals surface area contributed by atoms with Crippen molar-refractivity contribution < 1.29 is 14.6 Å². The molecule has 1 atom stereocenters. The second-order valence-electron chi connectivity index (χ2n) is 3.79. The zero-order valence-corrected chi connectivity index (χ0v) is 11.7. The number of carbonyl (C=O) groups excluding carboxylic acids is 1. The van der Waals surface area contributed by atoms with Gasteiger partial charge >= 0.3 is 6.03 Å². The second-order valence-corrected chi connectivity index (χ2v) is 4.70. The first kappa shape index (κ1) is 14.8. The minimum absolute atomic E-state index is 0.0805. The summed E-state index contributed by atoms with van der Waals surface area (Å²) in [6.07, 6.45) is 0. The molecule has 0 aromatic heterocycles. The topological polar surface area (TPSA) is 70.6 Å². The van der Waals surface area contributed by atoms with Crippen LogP contribution in [0.25, 0.3) is 0 Å². The van der Waals surface area contributed by atoms with E-state index in [1.165, 1.54) is 0 Å². The van der Waals surface area contributed by atoms with Gasteiger partial charge < -0.3 is 20.5 Å². The van der Waals surface area contributed by atoms with E-state index in [2.05, 4.69) is 26.6 Å². The summed E-state index contributed by atoms with van der Waals surface area (Å²) in [5, 5.41) is 14.0. The maximum Gasteiger partial charge on any atom is 0.315 e. The van der Waals surface area contributed by atoms with Gasteiger partial charge in [-0.05, 0) is 31.2 Å². The van der Waals surface area contributed by atoms with Gasteiger partial charge in [-0.1, -0.05) is 15.9 Å². The van der Waals surface area contributed by atoms with Crippen LogP contribution in [0.1, 0.15) is 6.92 Å². The van der Waals surface area contributed by atoms with E-state index in [4.69, 9.17) is 9.84 Å².